The molecule has 0 spiro atoms. The Morgan fingerprint density at radius 3 is 2.89 bits per heavy atom. The lowest BCUT2D eigenvalue weighted by Gasteiger charge is -2.23. The number of halogens is 1. The number of hydrogen-bond donors (Lipinski definition) is 1. The summed E-state index contributed by atoms with van der Waals surface area (Å²) in [5.41, 5.74) is 6.15. The van der Waals surface area contributed by atoms with Gasteiger partial charge in [0.1, 0.15) is 0 Å². The van der Waals surface area contributed by atoms with Crippen LogP contribution in [0.25, 0.3) is 0 Å². The summed E-state index contributed by atoms with van der Waals surface area (Å²) in [4.78, 5) is 0.267. The molecule has 0 saturated carbocycles. The average Bonchev–Trinajstić information content (AvgIpc) is 2.81. The first-order valence-electron chi connectivity index (χ1n) is 6.03. The molecule has 0 radical (unpaired) electrons. The minimum atomic E-state index is -3.45. The van der Waals surface area contributed by atoms with Crippen LogP contribution in [0.3, 0.4) is 0 Å². The van der Waals surface area contributed by atoms with E-state index in [1.165, 1.54) is 6.07 Å². The third-order valence-electron chi connectivity index (χ3n) is 3.34. The van der Waals surface area contributed by atoms with Gasteiger partial charge in [-0.15, -0.1) is 0 Å². The minimum absolute atomic E-state index is 0.114. The Labute approximate surface area is 116 Å². The highest BCUT2D eigenvalue weighted by atomic mass is 79.9. The van der Waals surface area contributed by atoms with Crippen LogP contribution in [-0.4, -0.2) is 25.3 Å². The molecule has 1 saturated heterocycles. The molecule has 0 aromatic heterocycles. The van der Waals surface area contributed by atoms with Crippen LogP contribution in [0.2, 0.25) is 0 Å². The maximum Gasteiger partial charge on any atom is 0.244 e. The average molecular weight is 333 g/mol. The lowest BCUT2D eigenvalue weighted by molar-refractivity contribution is 0.379. The van der Waals surface area contributed by atoms with Gasteiger partial charge in [-0.1, -0.05) is 6.92 Å². The molecule has 18 heavy (non-hydrogen) atoms. The Morgan fingerprint density at radius 1 is 1.50 bits per heavy atom. The molecule has 6 heteroatoms. The molecule has 1 unspecified atom stereocenters. The molecule has 1 aliphatic rings. The molecule has 1 fully saturated rings. The molecular formula is C12H17BrN2O2S. The smallest absolute Gasteiger partial charge is 0.244 e. The van der Waals surface area contributed by atoms with Gasteiger partial charge in [-0.2, -0.15) is 4.31 Å². The van der Waals surface area contributed by atoms with Gasteiger partial charge < -0.3 is 5.73 Å². The molecule has 1 heterocycles. The molecule has 2 N–H and O–H groups in total. The summed E-state index contributed by atoms with van der Waals surface area (Å²) >= 11 is 3.29. The standard InChI is InChI=1S/C12H17BrN2O2S/c1-2-10-4-3-7-15(10)18(16,17)12-8-9(14)5-6-11(12)13/h5-6,8,10H,2-4,7,14H2,1H3. The number of benzene rings is 1. The minimum Gasteiger partial charge on any atom is -0.399 e. The molecule has 0 bridgehead atoms. The SMILES string of the molecule is CCC1CCCN1S(=O)(=O)c1cc(N)ccc1Br. The normalized spacial score (nSPS) is 21.3. The number of sulfonamides is 1. The number of nitrogens with two attached hydrogens (primary N) is 1. The topological polar surface area (TPSA) is 63.4 Å². The fourth-order valence-electron chi connectivity index (χ4n) is 2.38. The van der Waals surface area contributed by atoms with Crippen molar-refractivity contribution in [2.24, 2.45) is 0 Å². The van der Waals surface area contributed by atoms with Gasteiger partial charge in [-0.25, -0.2) is 8.42 Å². The first-order valence-corrected chi connectivity index (χ1v) is 8.27. The van der Waals surface area contributed by atoms with E-state index < -0.39 is 10.0 Å². The van der Waals surface area contributed by atoms with Crippen LogP contribution in [0.5, 0.6) is 0 Å². The Morgan fingerprint density at radius 2 is 2.22 bits per heavy atom. The van der Waals surface area contributed by atoms with E-state index in [1.807, 2.05) is 6.92 Å². The second-order valence-electron chi connectivity index (χ2n) is 4.51. The van der Waals surface area contributed by atoms with Crippen molar-refractivity contribution < 1.29 is 8.42 Å². The second kappa shape index (κ2) is 5.19. The van der Waals surface area contributed by atoms with Crippen LogP contribution in [0.15, 0.2) is 27.6 Å². The van der Waals surface area contributed by atoms with E-state index >= 15 is 0 Å². The van der Waals surface area contributed by atoms with Crippen molar-refractivity contribution in [2.75, 3.05) is 12.3 Å². The van der Waals surface area contributed by atoms with Crippen molar-refractivity contribution in [1.82, 2.24) is 4.31 Å². The largest absolute Gasteiger partial charge is 0.399 e. The molecule has 100 valence electrons. The summed E-state index contributed by atoms with van der Waals surface area (Å²) in [6.07, 6.45) is 2.71. The third kappa shape index (κ3) is 2.41. The zero-order valence-corrected chi connectivity index (χ0v) is 12.7. The van der Waals surface area contributed by atoms with Crippen LogP contribution >= 0.6 is 15.9 Å². The molecule has 1 aromatic carbocycles. The zero-order chi connectivity index (χ0) is 13.3. The fraction of sp³-hybridized carbons (Fsp3) is 0.500. The predicted molar refractivity (Wildman–Crippen MR) is 75.8 cm³/mol. The highest BCUT2D eigenvalue weighted by Gasteiger charge is 2.35. The molecule has 1 aromatic rings. The van der Waals surface area contributed by atoms with Crippen LogP contribution < -0.4 is 5.73 Å². The lowest BCUT2D eigenvalue weighted by Crippen LogP contribution is -2.35. The van der Waals surface area contributed by atoms with Gasteiger partial charge in [-0.05, 0) is 53.4 Å². The Bertz CT molecular complexity index is 545. The van der Waals surface area contributed by atoms with Crippen molar-refractivity contribution in [3.63, 3.8) is 0 Å². The van der Waals surface area contributed by atoms with Crippen molar-refractivity contribution in [3.05, 3.63) is 22.7 Å². The van der Waals surface area contributed by atoms with Gasteiger partial charge in [0.05, 0.1) is 4.90 Å². The summed E-state index contributed by atoms with van der Waals surface area (Å²) in [5.74, 6) is 0. The fourth-order valence-corrected chi connectivity index (χ4v) is 5.11. The van der Waals surface area contributed by atoms with E-state index in [2.05, 4.69) is 15.9 Å². The highest BCUT2D eigenvalue weighted by Crippen LogP contribution is 2.32. The van der Waals surface area contributed by atoms with E-state index in [-0.39, 0.29) is 10.9 Å². The first kappa shape index (κ1) is 13.8. The van der Waals surface area contributed by atoms with Gasteiger partial charge in [0.15, 0.2) is 0 Å². The lowest BCUT2D eigenvalue weighted by atomic mass is 10.2. The number of anilines is 1. The van der Waals surface area contributed by atoms with Crippen molar-refractivity contribution >= 4 is 31.6 Å². The second-order valence-corrected chi connectivity index (χ2v) is 7.22. The monoisotopic (exact) mass is 332 g/mol. The highest BCUT2D eigenvalue weighted by molar-refractivity contribution is 9.10. The predicted octanol–water partition coefficient (Wildman–Crippen LogP) is 2.59. The van der Waals surface area contributed by atoms with Crippen LogP contribution in [0.4, 0.5) is 5.69 Å². The molecule has 0 aliphatic carbocycles. The summed E-state index contributed by atoms with van der Waals surface area (Å²) in [7, 11) is -3.45. The van der Waals surface area contributed by atoms with Gasteiger partial charge in [0.2, 0.25) is 10.0 Å². The van der Waals surface area contributed by atoms with Gasteiger partial charge in [0, 0.05) is 22.7 Å². The molecule has 0 amide bonds. The van der Waals surface area contributed by atoms with E-state index in [9.17, 15) is 8.42 Å². The van der Waals surface area contributed by atoms with Gasteiger partial charge >= 0.3 is 0 Å². The summed E-state index contributed by atoms with van der Waals surface area (Å²) in [6.45, 7) is 2.62. The Kier molecular flexibility index (Phi) is 3.99. The maximum absolute atomic E-state index is 12.6. The summed E-state index contributed by atoms with van der Waals surface area (Å²) < 4.78 is 27.4. The van der Waals surface area contributed by atoms with Gasteiger partial charge in [-0.3, -0.25) is 0 Å². The molecule has 2 rings (SSSR count). The van der Waals surface area contributed by atoms with Gasteiger partial charge in [0.25, 0.3) is 0 Å². The number of hydrogen-bond acceptors (Lipinski definition) is 3. The molecular weight excluding hydrogens is 316 g/mol. The summed E-state index contributed by atoms with van der Waals surface area (Å²) in [5, 5.41) is 0. The number of nitrogens with zero attached hydrogens (tertiary/aromatic N) is 1. The van der Waals surface area contributed by atoms with E-state index in [0.29, 0.717) is 16.7 Å². The van der Waals surface area contributed by atoms with Crippen molar-refractivity contribution in [2.45, 2.75) is 37.1 Å². The third-order valence-corrected chi connectivity index (χ3v) is 6.28. The summed E-state index contributed by atoms with van der Waals surface area (Å²) in [6, 6.07) is 5.00. The number of rotatable bonds is 3. The maximum atomic E-state index is 12.6. The number of nitrogen functional groups attached to an aromatic ring is 1. The molecule has 1 atom stereocenters. The Hall–Kier alpha value is -0.590. The first-order chi connectivity index (χ1) is 8.46. The molecule has 1 aliphatic heterocycles. The van der Waals surface area contributed by atoms with E-state index in [1.54, 1.807) is 16.4 Å². The van der Waals surface area contributed by atoms with Crippen LogP contribution in [-0.2, 0) is 10.0 Å². The van der Waals surface area contributed by atoms with Crippen molar-refractivity contribution in [3.8, 4) is 0 Å². The molecule has 4 nitrogen and oxygen atoms in total. The van der Waals surface area contributed by atoms with E-state index in [0.717, 1.165) is 19.3 Å². The Balaban J connectivity index is 2.45. The van der Waals surface area contributed by atoms with Crippen LogP contribution in [0.1, 0.15) is 26.2 Å². The zero-order valence-electron chi connectivity index (χ0n) is 10.3. The van der Waals surface area contributed by atoms with E-state index in [4.69, 9.17) is 5.73 Å². The van der Waals surface area contributed by atoms with Crippen molar-refractivity contribution in [1.29, 1.82) is 0 Å². The van der Waals surface area contributed by atoms with Crippen LogP contribution in [0, 0.1) is 0 Å². The quantitative estimate of drug-likeness (QED) is 0.865.